The van der Waals surface area contributed by atoms with Gasteiger partial charge in [-0.2, -0.15) is 0 Å². The Morgan fingerprint density at radius 2 is 2.07 bits per heavy atom. The summed E-state index contributed by atoms with van der Waals surface area (Å²) in [6, 6.07) is 12.3. The van der Waals surface area contributed by atoms with Gasteiger partial charge in [-0.25, -0.2) is 0 Å². The van der Waals surface area contributed by atoms with Crippen molar-refractivity contribution in [2.45, 2.75) is 6.92 Å². The number of rotatable bonds is 2. The fourth-order valence-electron chi connectivity index (χ4n) is 1.48. The zero-order valence-electron chi connectivity index (χ0n) is 7.96. The first kappa shape index (κ1) is 9.53. The Morgan fingerprint density at radius 3 is 2.86 bits per heavy atom. The van der Waals surface area contributed by atoms with Crippen molar-refractivity contribution in [2.24, 2.45) is 0 Å². The Bertz CT molecular complexity index is 451. The molecule has 0 bridgehead atoms. The third-order valence-corrected chi connectivity index (χ3v) is 2.80. The summed E-state index contributed by atoms with van der Waals surface area (Å²) in [4.78, 5) is 0. The maximum Gasteiger partial charge on any atom is 0.119 e. The minimum absolute atomic E-state index is 0.708. The zero-order valence-corrected chi connectivity index (χ0v) is 9.54. The molecule has 0 aliphatic carbocycles. The molecule has 2 heteroatoms. The molecule has 2 aromatic carbocycles. The lowest BCUT2D eigenvalue weighted by molar-refractivity contribution is 0.341. The zero-order chi connectivity index (χ0) is 9.97. The van der Waals surface area contributed by atoms with Crippen molar-refractivity contribution in [3.8, 4) is 5.75 Å². The van der Waals surface area contributed by atoms with Crippen LogP contribution in [0.5, 0.6) is 5.75 Å². The maximum absolute atomic E-state index is 5.44. The first-order chi connectivity index (χ1) is 6.81. The highest BCUT2D eigenvalue weighted by Crippen LogP contribution is 2.26. The largest absolute Gasteiger partial charge is 0.494 e. The fraction of sp³-hybridized carbons (Fsp3) is 0.167. The van der Waals surface area contributed by atoms with Gasteiger partial charge in [-0.05, 0) is 42.0 Å². The van der Waals surface area contributed by atoms with Crippen LogP contribution in [-0.2, 0) is 0 Å². The van der Waals surface area contributed by atoms with E-state index in [1.807, 2.05) is 25.1 Å². The van der Waals surface area contributed by atoms with Gasteiger partial charge in [0.15, 0.2) is 0 Å². The van der Waals surface area contributed by atoms with E-state index in [9.17, 15) is 0 Å². The number of hydrogen-bond acceptors (Lipinski definition) is 1. The van der Waals surface area contributed by atoms with Crippen molar-refractivity contribution < 1.29 is 4.74 Å². The highest BCUT2D eigenvalue weighted by molar-refractivity contribution is 9.10. The van der Waals surface area contributed by atoms with Gasteiger partial charge in [-0.1, -0.05) is 28.1 Å². The molecule has 0 aromatic heterocycles. The van der Waals surface area contributed by atoms with E-state index in [0.29, 0.717) is 6.61 Å². The second-order valence-electron chi connectivity index (χ2n) is 3.06. The van der Waals surface area contributed by atoms with Gasteiger partial charge < -0.3 is 4.74 Å². The van der Waals surface area contributed by atoms with E-state index in [-0.39, 0.29) is 0 Å². The molecule has 1 nitrogen and oxygen atoms in total. The van der Waals surface area contributed by atoms with Crippen LogP contribution in [-0.4, -0.2) is 6.61 Å². The van der Waals surface area contributed by atoms with E-state index in [1.165, 1.54) is 10.8 Å². The van der Waals surface area contributed by atoms with Gasteiger partial charge in [0.1, 0.15) is 5.75 Å². The third-order valence-electron chi connectivity index (χ3n) is 2.11. The molecule has 14 heavy (non-hydrogen) atoms. The van der Waals surface area contributed by atoms with Gasteiger partial charge >= 0.3 is 0 Å². The predicted molar refractivity (Wildman–Crippen MR) is 62.8 cm³/mol. The van der Waals surface area contributed by atoms with Gasteiger partial charge in [0, 0.05) is 4.47 Å². The highest BCUT2D eigenvalue weighted by Gasteiger charge is 1.99. The van der Waals surface area contributed by atoms with E-state index < -0.39 is 0 Å². The number of fused-ring (bicyclic) bond motifs is 1. The van der Waals surface area contributed by atoms with Gasteiger partial charge in [0.05, 0.1) is 6.61 Å². The molecule has 0 radical (unpaired) electrons. The van der Waals surface area contributed by atoms with E-state index in [4.69, 9.17) is 4.74 Å². The molecule has 0 N–H and O–H groups in total. The Balaban J connectivity index is 2.56. The van der Waals surface area contributed by atoms with Crippen molar-refractivity contribution in [1.82, 2.24) is 0 Å². The summed E-state index contributed by atoms with van der Waals surface area (Å²) >= 11 is 3.52. The Hall–Kier alpha value is -1.02. The van der Waals surface area contributed by atoms with Crippen molar-refractivity contribution in [3.05, 3.63) is 40.9 Å². The van der Waals surface area contributed by atoms with Crippen molar-refractivity contribution in [1.29, 1.82) is 0 Å². The molecule has 0 atom stereocenters. The van der Waals surface area contributed by atoms with E-state index in [2.05, 4.69) is 34.1 Å². The monoisotopic (exact) mass is 250 g/mol. The summed E-state index contributed by atoms with van der Waals surface area (Å²) in [5.41, 5.74) is 0. The normalized spacial score (nSPS) is 10.4. The number of benzene rings is 2. The fourth-order valence-corrected chi connectivity index (χ4v) is 1.99. The van der Waals surface area contributed by atoms with E-state index in [1.54, 1.807) is 0 Å². The van der Waals surface area contributed by atoms with Crippen LogP contribution in [0.15, 0.2) is 40.9 Å². The molecule has 0 fully saturated rings. The average molecular weight is 251 g/mol. The number of halogens is 1. The Kier molecular flexibility index (Phi) is 2.73. The van der Waals surface area contributed by atoms with E-state index >= 15 is 0 Å². The van der Waals surface area contributed by atoms with Gasteiger partial charge in [-0.3, -0.25) is 0 Å². The van der Waals surface area contributed by atoms with Gasteiger partial charge in [0.2, 0.25) is 0 Å². The standard InChI is InChI=1S/C12H11BrO/c1-2-14-10-6-7-11-9(8-10)4-3-5-12(11)13/h3-8H,2H2,1H3. The van der Waals surface area contributed by atoms with Crippen LogP contribution in [0.25, 0.3) is 10.8 Å². The molecule has 2 aromatic rings. The molecule has 0 aliphatic rings. The number of ether oxygens (including phenoxy) is 1. The SMILES string of the molecule is CCOc1ccc2c(Br)cccc2c1. The first-order valence-electron chi connectivity index (χ1n) is 4.62. The topological polar surface area (TPSA) is 9.23 Å². The Labute approximate surface area is 91.8 Å². The lowest BCUT2D eigenvalue weighted by Crippen LogP contribution is -1.90. The maximum atomic E-state index is 5.44. The van der Waals surface area contributed by atoms with Crippen molar-refractivity contribution >= 4 is 26.7 Å². The summed E-state index contributed by atoms with van der Waals surface area (Å²) in [5.74, 6) is 0.929. The molecule has 72 valence electrons. The smallest absolute Gasteiger partial charge is 0.119 e. The molecule has 0 saturated carbocycles. The van der Waals surface area contributed by atoms with Crippen LogP contribution in [0.1, 0.15) is 6.92 Å². The summed E-state index contributed by atoms with van der Waals surface area (Å²) < 4.78 is 6.56. The Morgan fingerprint density at radius 1 is 1.21 bits per heavy atom. The lowest BCUT2D eigenvalue weighted by atomic mass is 10.1. The summed E-state index contributed by atoms with van der Waals surface area (Å²) in [6.07, 6.45) is 0. The quantitative estimate of drug-likeness (QED) is 0.783. The second-order valence-corrected chi connectivity index (χ2v) is 3.91. The summed E-state index contributed by atoms with van der Waals surface area (Å²) in [7, 11) is 0. The summed E-state index contributed by atoms with van der Waals surface area (Å²) in [6.45, 7) is 2.70. The van der Waals surface area contributed by atoms with Gasteiger partial charge in [-0.15, -0.1) is 0 Å². The second kappa shape index (κ2) is 4.01. The predicted octanol–water partition coefficient (Wildman–Crippen LogP) is 4.00. The summed E-state index contributed by atoms with van der Waals surface area (Å²) in [5, 5.41) is 2.42. The minimum Gasteiger partial charge on any atom is -0.494 e. The average Bonchev–Trinajstić information content (AvgIpc) is 2.18. The van der Waals surface area contributed by atoms with Crippen LogP contribution in [0.4, 0.5) is 0 Å². The highest BCUT2D eigenvalue weighted by atomic mass is 79.9. The molecular weight excluding hydrogens is 240 g/mol. The van der Waals surface area contributed by atoms with Crippen molar-refractivity contribution in [3.63, 3.8) is 0 Å². The molecule has 0 heterocycles. The number of hydrogen-bond donors (Lipinski definition) is 0. The lowest BCUT2D eigenvalue weighted by Gasteiger charge is -2.05. The van der Waals surface area contributed by atoms with Gasteiger partial charge in [0.25, 0.3) is 0 Å². The van der Waals surface area contributed by atoms with E-state index in [0.717, 1.165) is 10.2 Å². The van der Waals surface area contributed by atoms with Crippen LogP contribution in [0, 0.1) is 0 Å². The molecule has 0 unspecified atom stereocenters. The van der Waals surface area contributed by atoms with Crippen LogP contribution in [0.2, 0.25) is 0 Å². The van der Waals surface area contributed by atoms with Crippen LogP contribution >= 0.6 is 15.9 Å². The molecular formula is C12H11BrO. The molecule has 0 spiro atoms. The first-order valence-corrected chi connectivity index (χ1v) is 5.41. The molecule has 0 aliphatic heterocycles. The minimum atomic E-state index is 0.708. The molecule has 0 saturated heterocycles. The van der Waals surface area contributed by atoms with Crippen molar-refractivity contribution in [2.75, 3.05) is 6.61 Å². The molecule has 2 rings (SSSR count). The third kappa shape index (κ3) is 1.75. The molecule has 0 amide bonds. The van der Waals surface area contributed by atoms with Crippen LogP contribution in [0.3, 0.4) is 0 Å². The van der Waals surface area contributed by atoms with Crippen LogP contribution < -0.4 is 4.74 Å².